The van der Waals surface area contributed by atoms with Gasteiger partial charge in [0.15, 0.2) is 0 Å². The Morgan fingerprint density at radius 2 is 1.78 bits per heavy atom. The zero-order valence-corrected chi connectivity index (χ0v) is 12.7. The molecule has 0 aromatic rings. The van der Waals surface area contributed by atoms with Crippen LogP contribution in [0.2, 0.25) is 0 Å². The molecule has 1 N–H and O–H groups in total. The second-order valence-electron chi connectivity index (χ2n) is 6.58. The molecule has 0 spiro atoms. The predicted molar refractivity (Wildman–Crippen MR) is 77.9 cm³/mol. The van der Waals surface area contributed by atoms with Crippen molar-refractivity contribution >= 4 is 0 Å². The summed E-state index contributed by atoms with van der Waals surface area (Å²) in [5, 5.41) is 3.55. The molecule has 1 aliphatic heterocycles. The van der Waals surface area contributed by atoms with E-state index in [1.807, 2.05) is 0 Å². The molecule has 0 aromatic heterocycles. The summed E-state index contributed by atoms with van der Waals surface area (Å²) in [5.74, 6) is 0.897. The first-order valence-electron chi connectivity index (χ1n) is 7.69. The van der Waals surface area contributed by atoms with Crippen molar-refractivity contribution in [2.24, 2.45) is 5.92 Å². The van der Waals surface area contributed by atoms with Gasteiger partial charge in [-0.25, -0.2) is 0 Å². The number of hydrogen-bond donors (Lipinski definition) is 1. The van der Waals surface area contributed by atoms with Crippen LogP contribution < -0.4 is 5.32 Å². The van der Waals surface area contributed by atoms with Crippen LogP contribution in [0, 0.1) is 5.92 Å². The summed E-state index contributed by atoms with van der Waals surface area (Å²) < 4.78 is 0. The van der Waals surface area contributed by atoms with Crippen LogP contribution >= 0.6 is 0 Å². The third-order valence-corrected chi connectivity index (χ3v) is 5.24. The Morgan fingerprint density at radius 3 is 2.39 bits per heavy atom. The molecule has 3 unspecified atom stereocenters. The van der Waals surface area contributed by atoms with Gasteiger partial charge >= 0.3 is 0 Å². The highest BCUT2D eigenvalue weighted by molar-refractivity contribution is 4.92. The molecule has 2 aliphatic rings. The molecule has 3 nitrogen and oxygen atoms in total. The van der Waals surface area contributed by atoms with Crippen molar-refractivity contribution in [1.82, 2.24) is 15.1 Å². The third-order valence-electron chi connectivity index (χ3n) is 5.24. The van der Waals surface area contributed by atoms with Gasteiger partial charge in [-0.15, -0.1) is 0 Å². The van der Waals surface area contributed by atoms with E-state index in [0.29, 0.717) is 6.04 Å². The molecule has 3 heteroatoms. The Bertz CT molecular complexity index is 248. The lowest BCUT2D eigenvalue weighted by Gasteiger charge is -2.45. The molecule has 0 aromatic carbocycles. The average Bonchev–Trinajstić information content (AvgIpc) is 2.39. The largest absolute Gasteiger partial charge is 0.315 e. The maximum absolute atomic E-state index is 3.55. The van der Waals surface area contributed by atoms with Crippen LogP contribution in [0.4, 0.5) is 0 Å². The van der Waals surface area contributed by atoms with Gasteiger partial charge in [-0.3, -0.25) is 4.90 Å². The molecule has 2 rings (SSSR count). The van der Waals surface area contributed by atoms with E-state index in [2.05, 4.69) is 43.2 Å². The molecule has 1 aliphatic carbocycles. The molecule has 18 heavy (non-hydrogen) atoms. The average molecular weight is 253 g/mol. The molecule has 1 saturated carbocycles. The van der Waals surface area contributed by atoms with E-state index < -0.39 is 0 Å². The number of likely N-dealkylation sites (tertiary alicyclic amines) is 1. The van der Waals surface area contributed by atoms with Crippen molar-refractivity contribution in [2.75, 3.05) is 34.2 Å². The maximum atomic E-state index is 3.55. The van der Waals surface area contributed by atoms with Gasteiger partial charge < -0.3 is 10.2 Å². The summed E-state index contributed by atoms with van der Waals surface area (Å²) in [5.41, 5.74) is 0. The van der Waals surface area contributed by atoms with E-state index in [1.165, 1.54) is 45.2 Å². The minimum atomic E-state index is 0.700. The SMILES string of the molecule is CNC1CCC(C)CC1N(C)C1CCN(C)CC1. The first kappa shape index (κ1) is 14.3. The lowest BCUT2D eigenvalue weighted by Crippen LogP contribution is -2.55. The Labute approximate surface area is 113 Å². The minimum absolute atomic E-state index is 0.700. The fourth-order valence-corrected chi connectivity index (χ4v) is 3.81. The van der Waals surface area contributed by atoms with Gasteiger partial charge in [-0.2, -0.15) is 0 Å². The molecular formula is C15H31N3. The van der Waals surface area contributed by atoms with E-state index in [9.17, 15) is 0 Å². The molecule has 0 radical (unpaired) electrons. The molecule has 0 amide bonds. The quantitative estimate of drug-likeness (QED) is 0.827. The molecule has 1 saturated heterocycles. The van der Waals surface area contributed by atoms with Crippen molar-refractivity contribution in [3.63, 3.8) is 0 Å². The van der Waals surface area contributed by atoms with Gasteiger partial charge in [0, 0.05) is 18.1 Å². The molecule has 2 fully saturated rings. The standard InChI is InChI=1S/C15H31N3/c1-12-5-6-14(16-2)15(11-12)18(4)13-7-9-17(3)10-8-13/h12-16H,5-11H2,1-4H3. The second-order valence-corrected chi connectivity index (χ2v) is 6.58. The number of piperidine rings is 1. The summed E-state index contributed by atoms with van der Waals surface area (Å²) in [4.78, 5) is 5.16. The molecule has 3 atom stereocenters. The number of nitrogens with zero attached hydrogens (tertiary/aromatic N) is 2. The Hall–Kier alpha value is -0.120. The van der Waals surface area contributed by atoms with Gasteiger partial charge in [0.05, 0.1) is 0 Å². The number of nitrogens with one attached hydrogen (secondary N) is 1. The third kappa shape index (κ3) is 3.25. The number of hydrogen-bond acceptors (Lipinski definition) is 3. The van der Waals surface area contributed by atoms with E-state index in [0.717, 1.165) is 18.0 Å². The number of likely N-dealkylation sites (N-methyl/N-ethyl adjacent to an activating group) is 2. The molecule has 0 bridgehead atoms. The Kier molecular flexibility index (Phi) is 5.05. The van der Waals surface area contributed by atoms with Crippen LogP contribution in [0.1, 0.15) is 39.0 Å². The first-order chi connectivity index (χ1) is 8.61. The minimum Gasteiger partial charge on any atom is -0.315 e. The fraction of sp³-hybridized carbons (Fsp3) is 1.00. The molecule has 1 heterocycles. The van der Waals surface area contributed by atoms with Crippen molar-refractivity contribution in [1.29, 1.82) is 0 Å². The highest BCUT2D eigenvalue weighted by atomic mass is 15.2. The van der Waals surface area contributed by atoms with Gasteiger partial charge in [0.2, 0.25) is 0 Å². The van der Waals surface area contributed by atoms with E-state index >= 15 is 0 Å². The van der Waals surface area contributed by atoms with Crippen molar-refractivity contribution in [3.8, 4) is 0 Å². The van der Waals surface area contributed by atoms with Gasteiger partial charge in [-0.05, 0) is 72.3 Å². The fourth-order valence-electron chi connectivity index (χ4n) is 3.81. The highest BCUT2D eigenvalue weighted by Gasteiger charge is 2.34. The zero-order valence-electron chi connectivity index (χ0n) is 12.7. The van der Waals surface area contributed by atoms with Crippen LogP contribution in [-0.4, -0.2) is 62.2 Å². The Balaban J connectivity index is 1.94. The maximum Gasteiger partial charge on any atom is 0.0251 e. The first-order valence-corrected chi connectivity index (χ1v) is 7.69. The van der Waals surface area contributed by atoms with Crippen LogP contribution in [0.5, 0.6) is 0 Å². The molecule has 106 valence electrons. The van der Waals surface area contributed by atoms with E-state index in [1.54, 1.807) is 0 Å². The Morgan fingerprint density at radius 1 is 1.11 bits per heavy atom. The monoisotopic (exact) mass is 253 g/mol. The topological polar surface area (TPSA) is 18.5 Å². The van der Waals surface area contributed by atoms with Gasteiger partial charge in [0.25, 0.3) is 0 Å². The summed E-state index contributed by atoms with van der Waals surface area (Å²) in [7, 11) is 6.74. The number of rotatable bonds is 3. The van der Waals surface area contributed by atoms with Crippen LogP contribution in [0.25, 0.3) is 0 Å². The zero-order chi connectivity index (χ0) is 13.1. The summed E-state index contributed by atoms with van der Waals surface area (Å²) >= 11 is 0. The smallest absolute Gasteiger partial charge is 0.0251 e. The van der Waals surface area contributed by atoms with E-state index in [4.69, 9.17) is 0 Å². The van der Waals surface area contributed by atoms with Crippen LogP contribution in [0.15, 0.2) is 0 Å². The van der Waals surface area contributed by atoms with Gasteiger partial charge in [-0.1, -0.05) is 6.92 Å². The lowest BCUT2D eigenvalue weighted by molar-refractivity contribution is 0.0590. The summed E-state index contributed by atoms with van der Waals surface area (Å²) in [6.45, 7) is 4.95. The highest BCUT2D eigenvalue weighted by Crippen LogP contribution is 2.29. The van der Waals surface area contributed by atoms with Gasteiger partial charge in [0.1, 0.15) is 0 Å². The summed E-state index contributed by atoms with van der Waals surface area (Å²) in [6, 6.07) is 2.24. The molecular weight excluding hydrogens is 222 g/mol. The van der Waals surface area contributed by atoms with Crippen LogP contribution in [-0.2, 0) is 0 Å². The van der Waals surface area contributed by atoms with E-state index in [-0.39, 0.29) is 0 Å². The van der Waals surface area contributed by atoms with Crippen molar-refractivity contribution in [3.05, 3.63) is 0 Å². The predicted octanol–water partition coefficient (Wildman–Crippen LogP) is 1.79. The van der Waals surface area contributed by atoms with Crippen LogP contribution in [0.3, 0.4) is 0 Å². The van der Waals surface area contributed by atoms with Crippen molar-refractivity contribution < 1.29 is 0 Å². The lowest BCUT2D eigenvalue weighted by atomic mass is 9.81. The second kappa shape index (κ2) is 6.36. The summed E-state index contributed by atoms with van der Waals surface area (Å²) in [6.07, 6.45) is 6.79. The normalized spacial score (nSPS) is 36.2. The van der Waals surface area contributed by atoms with Crippen molar-refractivity contribution in [2.45, 2.75) is 57.2 Å².